The quantitative estimate of drug-likeness (QED) is 0.654. The monoisotopic (exact) mass is 372 g/mol. The Labute approximate surface area is 154 Å². The number of carbonyl (C=O) groups excluding carboxylic acids is 1. The fourth-order valence-electron chi connectivity index (χ4n) is 2.39. The summed E-state index contributed by atoms with van der Waals surface area (Å²) in [5.41, 5.74) is 8.03. The van der Waals surface area contributed by atoms with Crippen LogP contribution in [0.5, 0.6) is 5.75 Å². The van der Waals surface area contributed by atoms with Crippen molar-refractivity contribution in [3.05, 3.63) is 64.8 Å². The molecule has 0 bridgehead atoms. The molecule has 1 heterocycles. The van der Waals surface area contributed by atoms with E-state index in [4.69, 9.17) is 15.2 Å². The van der Waals surface area contributed by atoms with Crippen LogP contribution in [0.4, 0.5) is 9.52 Å². The lowest BCUT2D eigenvalue weighted by Crippen LogP contribution is -2.08. The van der Waals surface area contributed by atoms with Crippen molar-refractivity contribution in [1.29, 1.82) is 0 Å². The lowest BCUT2D eigenvalue weighted by molar-refractivity contribution is 0.0521. The first-order chi connectivity index (χ1) is 12.6. The number of ether oxygens (including phenoxy) is 2. The molecule has 0 fully saturated rings. The van der Waals surface area contributed by atoms with Crippen LogP contribution in [-0.2, 0) is 11.3 Å². The third-order valence-electron chi connectivity index (χ3n) is 3.58. The first kappa shape index (κ1) is 17.9. The van der Waals surface area contributed by atoms with Gasteiger partial charge in [-0.3, -0.25) is 0 Å². The van der Waals surface area contributed by atoms with E-state index >= 15 is 0 Å². The third-order valence-corrected chi connectivity index (χ3v) is 4.25. The molecule has 7 heteroatoms. The SMILES string of the molecule is CCOC(=O)c1cc(-c2csc(N)n2)ccc1OCc1cccc(F)c1. The number of hydrogen-bond acceptors (Lipinski definition) is 6. The van der Waals surface area contributed by atoms with E-state index < -0.39 is 5.97 Å². The van der Waals surface area contributed by atoms with Gasteiger partial charge in [-0.25, -0.2) is 14.2 Å². The zero-order valence-corrected chi connectivity index (χ0v) is 14.9. The Kier molecular flexibility index (Phi) is 5.48. The summed E-state index contributed by atoms with van der Waals surface area (Å²) in [5.74, 6) is -0.473. The van der Waals surface area contributed by atoms with Gasteiger partial charge in [0.2, 0.25) is 0 Å². The standard InChI is InChI=1S/C19H17FN2O3S/c1-2-24-18(23)15-9-13(16-11-26-19(21)22-16)6-7-17(15)25-10-12-4-3-5-14(20)8-12/h3-9,11H,2,10H2,1H3,(H2,21,22). The Morgan fingerprint density at radius 3 is 2.81 bits per heavy atom. The van der Waals surface area contributed by atoms with Gasteiger partial charge in [0.25, 0.3) is 0 Å². The molecule has 0 radical (unpaired) electrons. The normalized spacial score (nSPS) is 10.5. The van der Waals surface area contributed by atoms with E-state index in [2.05, 4.69) is 4.98 Å². The summed E-state index contributed by atoms with van der Waals surface area (Å²) >= 11 is 1.32. The molecule has 2 aromatic carbocycles. The van der Waals surface area contributed by atoms with Crippen molar-refractivity contribution in [3.8, 4) is 17.0 Å². The molecule has 3 aromatic rings. The van der Waals surface area contributed by atoms with Crippen molar-refractivity contribution < 1.29 is 18.7 Å². The molecule has 0 atom stereocenters. The molecule has 0 aliphatic rings. The average molecular weight is 372 g/mol. The van der Waals surface area contributed by atoms with Gasteiger partial charge in [0.1, 0.15) is 23.7 Å². The minimum Gasteiger partial charge on any atom is -0.488 e. The molecule has 0 spiro atoms. The van der Waals surface area contributed by atoms with Crippen LogP contribution in [0.2, 0.25) is 0 Å². The van der Waals surface area contributed by atoms with E-state index in [0.29, 0.717) is 22.1 Å². The minimum absolute atomic E-state index is 0.132. The summed E-state index contributed by atoms with van der Waals surface area (Å²) in [6.07, 6.45) is 0. The average Bonchev–Trinajstić information content (AvgIpc) is 3.06. The zero-order valence-electron chi connectivity index (χ0n) is 14.1. The van der Waals surface area contributed by atoms with Crippen molar-refractivity contribution in [2.45, 2.75) is 13.5 Å². The topological polar surface area (TPSA) is 74.4 Å². The Hall–Kier alpha value is -2.93. The maximum Gasteiger partial charge on any atom is 0.341 e. The van der Waals surface area contributed by atoms with E-state index in [-0.39, 0.29) is 24.6 Å². The summed E-state index contributed by atoms with van der Waals surface area (Å²) < 4.78 is 24.1. The molecule has 0 amide bonds. The van der Waals surface area contributed by atoms with Crippen LogP contribution in [0.1, 0.15) is 22.8 Å². The molecule has 2 N–H and O–H groups in total. The summed E-state index contributed by atoms with van der Waals surface area (Å²) in [7, 11) is 0. The molecule has 134 valence electrons. The maximum absolute atomic E-state index is 13.3. The number of thiazole rings is 1. The lowest BCUT2D eigenvalue weighted by atomic mass is 10.1. The van der Waals surface area contributed by atoms with Crippen LogP contribution in [0.3, 0.4) is 0 Å². The second-order valence-electron chi connectivity index (χ2n) is 5.42. The van der Waals surface area contributed by atoms with E-state index in [9.17, 15) is 9.18 Å². The number of halogens is 1. The van der Waals surface area contributed by atoms with Gasteiger partial charge in [-0.15, -0.1) is 11.3 Å². The second-order valence-corrected chi connectivity index (χ2v) is 6.31. The summed E-state index contributed by atoms with van der Waals surface area (Å²) in [6, 6.07) is 11.2. The van der Waals surface area contributed by atoms with Gasteiger partial charge in [-0.2, -0.15) is 0 Å². The second kappa shape index (κ2) is 7.97. The molecule has 26 heavy (non-hydrogen) atoms. The molecule has 3 rings (SSSR count). The molecule has 0 unspecified atom stereocenters. The van der Waals surface area contributed by atoms with Gasteiger partial charge in [0.05, 0.1) is 12.3 Å². The van der Waals surface area contributed by atoms with E-state index in [0.717, 1.165) is 5.56 Å². The number of nitrogens with zero attached hydrogens (tertiary/aromatic N) is 1. The molecule has 0 aliphatic heterocycles. The highest BCUT2D eigenvalue weighted by Gasteiger charge is 2.16. The number of rotatable bonds is 6. The maximum atomic E-state index is 13.3. The number of hydrogen-bond donors (Lipinski definition) is 1. The Balaban J connectivity index is 1.89. The van der Waals surface area contributed by atoms with Gasteiger partial charge < -0.3 is 15.2 Å². The van der Waals surface area contributed by atoms with Crippen LogP contribution in [-0.4, -0.2) is 17.6 Å². The van der Waals surface area contributed by atoms with Crippen molar-refractivity contribution in [3.63, 3.8) is 0 Å². The first-order valence-corrected chi connectivity index (χ1v) is 8.84. The Bertz CT molecular complexity index is 927. The third kappa shape index (κ3) is 4.18. The number of anilines is 1. The van der Waals surface area contributed by atoms with Crippen LogP contribution in [0, 0.1) is 5.82 Å². The number of carbonyl (C=O) groups is 1. The highest BCUT2D eigenvalue weighted by molar-refractivity contribution is 7.13. The van der Waals surface area contributed by atoms with E-state index in [1.54, 1.807) is 37.3 Å². The van der Waals surface area contributed by atoms with Crippen LogP contribution < -0.4 is 10.5 Å². The number of aromatic nitrogens is 1. The fourth-order valence-corrected chi connectivity index (χ4v) is 2.96. The molecule has 5 nitrogen and oxygen atoms in total. The fraction of sp³-hybridized carbons (Fsp3) is 0.158. The number of esters is 1. The van der Waals surface area contributed by atoms with E-state index in [1.807, 2.05) is 5.38 Å². The molecule has 1 aromatic heterocycles. The van der Waals surface area contributed by atoms with E-state index in [1.165, 1.54) is 23.5 Å². The highest BCUT2D eigenvalue weighted by atomic mass is 32.1. The predicted octanol–water partition coefficient (Wildman–Crippen LogP) is 4.29. The van der Waals surface area contributed by atoms with Crippen LogP contribution >= 0.6 is 11.3 Å². The molecular weight excluding hydrogens is 355 g/mol. The van der Waals surface area contributed by atoms with Gasteiger partial charge in [0, 0.05) is 10.9 Å². The molecular formula is C19H17FN2O3S. The largest absolute Gasteiger partial charge is 0.488 e. The number of nitrogens with two attached hydrogens (primary N) is 1. The summed E-state index contributed by atoms with van der Waals surface area (Å²) in [6.45, 7) is 2.11. The van der Waals surface area contributed by atoms with Gasteiger partial charge in [-0.1, -0.05) is 12.1 Å². The smallest absolute Gasteiger partial charge is 0.341 e. The Morgan fingerprint density at radius 2 is 2.12 bits per heavy atom. The first-order valence-electron chi connectivity index (χ1n) is 7.96. The molecule has 0 aliphatic carbocycles. The summed E-state index contributed by atoms with van der Waals surface area (Å²) in [5, 5.41) is 2.26. The predicted molar refractivity (Wildman–Crippen MR) is 98.7 cm³/mol. The number of nitrogen functional groups attached to an aromatic ring is 1. The van der Waals surface area contributed by atoms with Crippen molar-refractivity contribution in [1.82, 2.24) is 4.98 Å². The van der Waals surface area contributed by atoms with Gasteiger partial charge >= 0.3 is 5.97 Å². The van der Waals surface area contributed by atoms with Crippen LogP contribution in [0.15, 0.2) is 47.8 Å². The molecule has 0 saturated carbocycles. The highest BCUT2D eigenvalue weighted by Crippen LogP contribution is 2.29. The zero-order chi connectivity index (χ0) is 18.5. The van der Waals surface area contributed by atoms with Gasteiger partial charge in [0.15, 0.2) is 5.13 Å². The van der Waals surface area contributed by atoms with Crippen molar-refractivity contribution in [2.24, 2.45) is 0 Å². The minimum atomic E-state index is -0.494. The van der Waals surface area contributed by atoms with Crippen molar-refractivity contribution in [2.75, 3.05) is 12.3 Å². The van der Waals surface area contributed by atoms with Crippen LogP contribution in [0.25, 0.3) is 11.3 Å². The number of benzene rings is 2. The molecule has 0 saturated heterocycles. The van der Waals surface area contributed by atoms with Gasteiger partial charge in [-0.05, 0) is 42.8 Å². The van der Waals surface area contributed by atoms with Crippen molar-refractivity contribution >= 4 is 22.4 Å². The summed E-state index contributed by atoms with van der Waals surface area (Å²) in [4.78, 5) is 16.5. The Morgan fingerprint density at radius 1 is 1.27 bits per heavy atom. The lowest BCUT2D eigenvalue weighted by Gasteiger charge is -2.12.